The number of fused-ring (bicyclic) bond motifs is 2. The van der Waals surface area contributed by atoms with E-state index in [1.807, 2.05) is 0 Å². The molecule has 3 rings (SSSR count). The largest absolute Gasteiger partial charge is 0.331 e. The van der Waals surface area contributed by atoms with E-state index < -0.39 is 23.6 Å². The van der Waals surface area contributed by atoms with Crippen LogP contribution >= 0.6 is 0 Å². The molecule has 0 saturated heterocycles. The lowest BCUT2D eigenvalue weighted by Crippen LogP contribution is -2.54. The number of imide groups is 2. The second kappa shape index (κ2) is 7.67. The maximum atomic E-state index is 13.0. The number of hydrogen-bond acceptors (Lipinski definition) is 5. The van der Waals surface area contributed by atoms with Crippen LogP contribution in [0.4, 0.5) is 0 Å². The Morgan fingerprint density at radius 2 is 1.14 bits per heavy atom. The zero-order chi connectivity index (χ0) is 21.3. The van der Waals surface area contributed by atoms with Gasteiger partial charge in [-0.05, 0) is 24.3 Å². The van der Waals surface area contributed by atoms with Crippen molar-refractivity contribution in [3.05, 3.63) is 58.8 Å². The van der Waals surface area contributed by atoms with Gasteiger partial charge in [-0.1, -0.05) is 24.3 Å². The highest BCUT2D eigenvalue weighted by atomic mass is 16.2. The number of carbonyl (C=O) groups is 4. The summed E-state index contributed by atoms with van der Waals surface area (Å²) >= 11 is 0. The van der Waals surface area contributed by atoms with Crippen LogP contribution in [0.15, 0.2) is 53.3 Å². The summed E-state index contributed by atoms with van der Waals surface area (Å²) in [5, 5.41) is 1.89. The number of nitrogens with zero attached hydrogens (tertiary/aromatic N) is 3. The van der Waals surface area contributed by atoms with E-state index in [0.29, 0.717) is 31.8 Å². The second-order valence-electron chi connectivity index (χ2n) is 6.52. The quantitative estimate of drug-likeness (QED) is 0.489. The van der Waals surface area contributed by atoms with E-state index in [1.165, 1.54) is 0 Å². The van der Waals surface area contributed by atoms with Gasteiger partial charge in [-0.25, -0.2) is 0 Å². The lowest BCUT2D eigenvalue weighted by atomic mass is 10.1. The van der Waals surface area contributed by atoms with Crippen molar-refractivity contribution in [1.29, 1.82) is 0 Å². The summed E-state index contributed by atoms with van der Waals surface area (Å²) in [6.45, 7) is 2.93. The van der Waals surface area contributed by atoms with Crippen molar-refractivity contribution < 1.29 is 19.2 Å². The molecule has 0 radical (unpaired) electrons. The molecule has 4 amide bonds. The molecule has 8 heteroatoms. The predicted octanol–water partition coefficient (Wildman–Crippen LogP) is 1.84. The van der Waals surface area contributed by atoms with E-state index in [1.54, 1.807) is 53.1 Å². The van der Waals surface area contributed by atoms with E-state index in [0.717, 1.165) is 20.8 Å². The second-order valence-corrected chi connectivity index (χ2v) is 6.52. The molecule has 0 unspecified atom stereocenters. The number of hydrogen-bond donors (Lipinski definition) is 0. The van der Waals surface area contributed by atoms with E-state index in [9.17, 15) is 24.0 Å². The molecule has 1 heterocycles. The number of rotatable bonds is 2. The predicted molar refractivity (Wildman–Crippen MR) is 106 cm³/mol. The van der Waals surface area contributed by atoms with E-state index in [2.05, 4.69) is 0 Å². The lowest BCUT2D eigenvalue weighted by molar-refractivity contribution is -0.177. The monoisotopic (exact) mass is 393 g/mol. The molecule has 0 aliphatic heterocycles. The normalized spacial score (nSPS) is 10.7. The van der Waals surface area contributed by atoms with Crippen molar-refractivity contribution in [1.82, 2.24) is 14.6 Å². The first-order chi connectivity index (χ1) is 13.7. The van der Waals surface area contributed by atoms with Gasteiger partial charge >= 0.3 is 0 Å². The Hall–Kier alpha value is -3.81. The molecule has 0 fully saturated rings. The fourth-order valence-electron chi connectivity index (χ4n) is 3.38. The maximum Gasteiger partial charge on any atom is 0.268 e. The summed E-state index contributed by atoms with van der Waals surface area (Å²) in [6.07, 6.45) is 0. The molecule has 1 aromatic heterocycles. The molecule has 0 atom stereocenters. The van der Waals surface area contributed by atoms with Crippen molar-refractivity contribution in [2.75, 3.05) is 0 Å². The van der Waals surface area contributed by atoms with Gasteiger partial charge < -0.3 is 4.57 Å². The Bertz CT molecular complexity index is 1150. The van der Waals surface area contributed by atoms with E-state index >= 15 is 0 Å². The van der Waals surface area contributed by atoms with Crippen LogP contribution in [0.5, 0.6) is 0 Å². The van der Waals surface area contributed by atoms with Crippen molar-refractivity contribution in [3.8, 4) is 0 Å². The molecule has 0 aliphatic rings. The SMILES string of the molecule is CC(=O)N(C(C)=O)N(C(C)=O)C(=O)Cn1c2ccccc2c(=O)c2ccccc21. The lowest BCUT2D eigenvalue weighted by Gasteiger charge is -2.29. The zero-order valence-electron chi connectivity index (χ0n) is 16.2. The summed E-state index contributed by atoms with van der Waals surface area (Å²) in [5.74, 6) is -3.05. The molecule has 0 N–H and O–H groups in total. The standard InChI is InChI=1S/C21H19N3O5/c1-13(25)23(14(2)26)24(15(3)27)20(28)12-22-18-10-6-4-8-16(18)21(29)17-9-5-7-11-19(17)22/h4-11H,12H2,1-3H3. The molecule has 0 spiro atoms. The van der Waals surface area contributed by atoms with Crippen LogP contribution in [0.25, 0.3) is 21.8 Å². The van der Waals surface area contributed by atoms with Crippen molar-refractivity contribution in [2.24, 2.45) is 0 Å². The Labute approximate surface area is 165 Å². The number of amides is 4. The minimum absolute atomic E-state index is 0.169. The molecule has 29 heavy (non-hydrogen) atoms. The summed E-state index contributed by atoms with van der Waals surface area (Å²) in [6, 6.07) is 13.6. The number of benzene rings is 2. The van der Waals surface area contributed by atoms with Gasteiger partial charge in [0, 0.05) is 31.5 Å². The van der Waals surface area contributed by atoms with Crippen LogP contribution in [0.2, 0.25) is 0 Å². The topological polar surface area (TPSA) is 96.8 Å². The summed E-state index contributed by atoms with van der Waals surface area (Å²) in [5.41, 5.74) is 0.841. The summed E-state index contributed by atoms with van der Waals surface area (Å²) < 4.78 is 1.60. The first kappa shape index (κ1) is 19.9. The van der Waals surface area contributed by atoms with Gasteiger partial charge in [-0.3, -0.25) is 24.0 Å². The van der Waals surface area contributed by atoms with Crippen molar-refractivity contribution >= 4 is 45.4 Å². The average Bonchev–Trinajstić information content (AvgIpc) is 2.68. The molecule has 3 aromatic rings. The fourth-order valence-corrected chi connectivity index (χ4v) is 3.38. The summed E-state index contributed by atoms with van der Waals surface area (Å²) in [4.78, 5) is 61.7. The van der Waals surface area contributed by atoms with Crippen LogP contribution < -0.4 is 5.43 Å². The van der Waals surface area contributed by atoms with Gasteiger partial charge in [0.15, 0.2) is 5.43 Å². The number of para-hydroxylation sites is 2. The van der Waals surface area contributed by atoms with Crippen LogP contribution in [0, 0.1) is 0 Å². The molecule has 0 bridgehead atoms. The first-order valence-corrected chi connectivity index (χ1v) is 8.89. The molecular formula is C21H19N3O5. The number of hydrazine groups is 1. The third-order valence-corrected chi connectivity index (χ3v) is 4.50. The van der Waals surface area contributed by atoms with Gasteiger partial charge in [0.2, 0.25) is 17.7 Å². The molecule has 148 valence electrons. The molecule has 8 nitrogen and oxygen atoms in total. The Morgan fingerprint density at radius 3 is 1.55 bits per heavy atom. The van der Waals surface area contributed by atoms with Crippen molar-refractivity contribution in [3.63, 3.8) is 0 Å². The Morgan fingerprint density at radius 1 is 0.724 bits per heavy atom. The van der Waals surface area contributed by atoms with Gasteiger partial charge in [-0.2, -0.15) is 10.0 Å². The van der Waals surface area contributed by atoms with E-state index in [-0.39, 0.29) is 12.0 Å². The molecular weight excluding hydrogens is 374 g/mol. The Kier molecular flexibility index (Phi) is 5.27. The van der Waals surface area contributed by atoms with Gasteiger partial charge in [0.25, 0.3) is 5.91 Å². The van der Waals surface area contributed by atoms with Crippen LogP contribution in [0.1, 0.15) is 20.8 Å². The van der Waals surface area contributed by atoms with Gasteiger partial charge in [0.1, 0.15) is 6.54 Å². The summed E-state index contributed by atoms with van der Waals surface area (Å²) in [7, 11) is 0. The number of carbonyl (C=O) groups excluding carboxylic acids is 4. The van der Waals surface area contributed by atoms with Crippen LogP contribution in [-0.2, 0) is 25.7 Å². The van der Waals surface area contributed by atoms with E-state index in [4.69, 9.17) is 0 Å². The first-order valence-electron chi connectivity index (χ1n) is 8.89. The molecule has 0 saturated carbocycles. The average molecular weight is 393 g/mol. The highest BCUT2D eigenvalue weighted by molar-refractivity contribution is 6.03. The Balaban J connectivity index is 2.20. The molecule has 2 aromatic carbocycles. The van der Waals surface area contributed by atoms with Crippen molar-refractivity contribution in [2.45, 2.75) is 27.3 Å². The number of aromatic nitrogens is 1. The highest BCUT2D eigenvalue weighted by Gasteiger charge is 2.31. The number of pyridine rings is 1. The van der Waals surface area contributed by atoms with Crippen LogP contribution in [0.3, 0.4) is 0 Å². The highest BCUT2D eigenvalue weighted by Crippen LogP contribution is 2.19. The third-order valence-electron chi connectivity index (χ3n) is 4.50. The van der Waals surface area contributed by atoms with Gasteiger partial charge in [-0.15, -0.1) is 0 Å². The van der Waals surface area contributed by atoms with Gasteiger partial charge in [0.05, 0.1) is 11.0 Å². The zero-order valence-corrected chi connectivity index (χ0v) is 16.2. The van der Waals surface area contributed by atoms with Crippen LogP contribution in [-0.4, -0.2) is 38.2 Å². The maximum absolute atomic E-state index is 13.0. The minimum atomic E-state index is -0.776. The minimum Gasteiger partial charge on any atom is -0.331 e. The third kappa shape index (κ3) is 3.52. The fraction of sp³-hybridized carbons (Fsp3) is 0.190. The smallest absolute Gasteiger partial charge is 0.268 e. The molecule has 0 aliphatic carbocycles.